The third-order valence-electron chi connectivity index (χ3n) is 16.9. The summed E-state index contributed by atoms with van der Waals surface area (Å²) in [6.45, 7) is 4.95. The summed E-state index contributed by atoms with van der Waals surface area (Å²) in [5, 5.41) is 5.20. The lowest BCUT2D eigenvalue weighted by Gasteiger charge is -2.57. The summed E-state index contributed by atoms with van der Waals surface area (Å²) >= 11 is 0. The van der Waals surface area contributed by atoms with Crippen molar-refractivity contribution in [2.75, 3.05) is 4.90 Å². The van der Waals surface area contributed by atoms with Gasteiger partial charge in [0.15, 0.2) is 0 Å². The van der Waals surface area contributed by atoms with Gasteiger partial charge in [0.25, 0.3) is 6.71 Å². The first-order valence-electron chi connectivity index (χ1n) is 23.5. The highest BCUT2D eigenvalue weighted by molar-refractivity contribution is 6.99. The van der Waals surface area contributed by atoms with E-state index < -0.39 is 0 Å². The summed E-state index contributed by atoms with van der Waals surface area (Å²) in [6, 6.07) is 59.6. The standard InChI is InChI=1S/C59H47BN2O/c1-58(2)46-30-49-53(29-45(46)55-43-20-10-9-18-41(43)51(31-47(55)58)61(39-14-5-3-6-15-39)40-16-7-4-8-17-40)63-54-28-38(59-32-35-24-36(33-59)26-37(25-35)34-59)27-52-56(54)60(49)48-22-13-21-44-42-19-11-12-23-50(42)62(52)57(44)48/h3-23,27-31,35-37H,24-26,32-34H2,1-2H3. The molecule has 0 spiro atoms. The first-order chi connectivity index (χ1) is 30.9. The van der Waals surface area contributed by atoms with Gasteiger partial charge in [0.2, 0.25) is 0 Å². The van der Waals surface area contributed by atoms with Gasteiger partial charge >= 0.3 is 0 Å². The molecule has 0 saturated heterocycles. The first-order valence-corrected chi connectivity index (χ1v) is 23.5. The third kappa shape index (κ3) is 4.56. The topological polar surface area (TPSA) is 17.4 Å². The number of aromatic nitrogens is 1. The molecule has 63 heavy (non-hydrogen) atoms. The Balaban J connectivity index is 0.980. The molecular formula is C59H47BN2O. The highest BCUT2D eigenvalue weighted by Gasteiger charge is 2.53. The lowest BCUT2D eigenvalue weighted by atomic mass is 9.34. The Morgan fingerprint density at radius 2 is 1.21 bits per heavy atom. The number of benzene rings is 8. The molecule has 1 aromatic heterocycles. The quantitative estimate of drug-likeness (QED) is 0.165. The fourth-order valence-electron chi connectivity index (χ4n) is 14.8. The van der Waals surface area contributed by atoms with Crippen LogP contribution in [0.4, 0.5) is 17.1 Å². The predicted molar refractivity (Wildman–Crippen MR) is 262 cm³/mol. The van der Waals surface area contributed by atoms with Crippen molar-refractivity contribution in [2.45, 2.75) is 63.2 Å². The Kier molecular flexibility index (Phi) is 6.74. The third-order valence-corrected chi connectivity index (χ3v) is 16.9. The molecule has 2 aliphatic heterocycles. The van der Waals surface area contributed by atoms with Gasteiger partial charge in [-0.15, -0.1) is 0 Å². The Labute approximate surface area is 369 Å². The van der Waals surface area contributed by atoms with Gasteiger partial charge in [0.1, 0.15) is 11.5 Å². The molecule has 4 bridgehead atoms. The van der Waals surface area contributed by atoms with Gasteiger partial charge in [0, 0.05) is 44.2 Å². The number of anilines is 3. The molecular weight excluding hydrogens is 763 g/mol. The Morgan fingerprint density at radius 1 is 0.571 bits per heavy atom. The summed E-state index contributed by atoms with van der Waals surface area (Å²) in [6.07, 6.45) is 8.31. The lowest BCUT2D eigenvalue weighted by molar-refractivity contribution is -0.00524. The normalized spacial score (nSPS) is 22.5. The average Bonchev–Trinajstić information content (AvgIpc) is 3.76. The van der Waals surface area contributed by atoms with Gasteiger partial charge in [-0.25, -0.2) is 0 Å². The van der Waals surface area contributed by atoms with Crippen molar-refractivity contribution in [1.29, 1.82) is 0 Å². The van der Waals surface area contributed by atoms with E-state index in [0.29, 0.717) is 0 Å². The van der Waals surface area contributed by atoms with Crippen LogP contribution in [0.15, 0.2) is 158 Å². The molecule has 3 heterocycles. The van der Waals surface area contributed by atoms with Crippen molar-refractivity contribution < 1.29 is 4.74 Å². The molecule has 0 N–H and O–H groups in total. The van der Waals surface area contributed by atoms with E-state index in [-0.39, 0.29) is 17.5 Å². The zero-order valence-electron chi connectivity index (χ0n) is 35.9. The van der Waals surface area contributed by atoms with Crippen molar-refractivity contribution in [3.63, 3.8) is 0 Å². The van der Waals surface area contributed by atoms with Crippen LogP contribution in [-0.2, 0) is 10.8 Å². The second kappa shape index (κ2) is 12.1. The molecule has 0 unspecified atom stereocenters. The predicted octanol–water partition coefficient (Wildman–Crippen LogP) is 13.1. The molecule has 302 valence electrons. The van der Waals surface area contributed by atoms with Gasteiger partial charge in [-0.2, -0.15) is 0 Å². The molecule has 0 atom stereocenters. The molecule has 3 nitrogen and oxygen atoms in total. The van der Waals surface area contributed by atoms with Crippen LogP contribution in [-0.4, -0.2) is 11.3 Å². The van der Waals surface area contributed by atoms with E-state index >= 15 is 0 Å². The molecule has 0 radical (unpaired) electrons. The van der Waals surface area contributed by atoms with E-state index in [1.807, 2.05) is 0 Å². The van der Waals surface area contributed by atoms with Gasteiger partial charge in [-0.05, 0) is 166 Å². The summed E-state index contributed by atoms with van der Waals surface area (Å²) in [7, 11) is 0. The maximum Gasteiger partial charge on any atom is 0.256 e. The van der Waals surface area contributed by atoms with Gasteiger partial charge < -0.3 is 14.2 Å². The number of nitrogens with zero attached hydrogens (tertiary/aromatic N) is 2. The number of hydrogen-bond acceptors (Lipinski definition) is 2. The summed E-state index contributed by atoms with van der Waals surface area (Å²) < 4.78 is 10.1. The van der Waals surface area contributed by atoms with E-state index in [2.05, 4.69) is 181 Å². The molecule has 8 aromatic carbocycles. The molecule has 7 aliphatic rings. The maximum atomic E-state index is 7.50. The fraction of sp³-hybridized carbons (Fsp3) is 0.220. The van der Waals surface area contributed by atoms with Crippen molar-refractivity contribution in [3.8, 4) is 28.3 Å². The zero-order valence-corrected chi connectivity index (χ0v) is 35.9. The zero-order chi connectivity index (χ0) is 41.3. The minimum Gasteiger partial charge on any atom is -0.458 e. The van der Waals surface area contributed by atoms with Crippen LogP contribution in [0.25, 0.3) is 49.4 Å². The van der Waals surface area contributed by atoms with Gasteiger partial charge in [-0.3, -0.25) is 0 Å². The van der Waals surface area contributed by atoms with Crippen molar-refractivity contribution in [2.24, 2.45) is 17.8 Å². The van der Waals surface area contributed by atoms with Crippen molar-refractivity contribution in [1.82, 2.24) is 4.57 Å². The van der Waals surface area contributed by atoms with Crippen LogP contribution < -0.4 is 26.0 Å². The number of ether oxygens (including phenoxy) is 1. The van der Waals surface area contributed by atoms with E-state index in [1.165, 1.54) is 127 Å². The fourth-order valence-corrected chi connectivity index (χ4v) is 14.8. The van der Waals surface area contributed by atoms with E-state index in [4.69, 9.17) is 4.74 Å². The SMILES string of the molecule is CC1(C)c2cc3c(cc2-c2c1cc(N(c1ccccc1)c1ccccc1)c1ccccc21)Oc1cc(C24CC5CC(CC(C5)C2)C4)cc2c1B3c1cccc3c4ccccc4n-2c13. The monoisotopic (exact) mass is 810 g/mol. The average molecular weight is 811 g/mol. The number of rotatable bonds is 4. The van der Waals surface area contributed by atoms with Crippen molar-refractivity contribution in [3.05, 3.63) is 174 Å². The van der Waals surface area contributed by atoms with E-state index in [9.17, 15) is 0 Å². The molecule has 0 amide bonds. The first kappa shape index (κ1) is 35.0. The highest BCUT2D eigenvalue weighted by Crippen LogP contribution is 2.62. The van der Waals surface area contributed by atoms with Crippen LogP contribution in [0.5, 0.6) is 11.5 Å². The van der Waals surface area contributed by atoms with E-state index in [1.54, 1.807) is 0 Å². The molecule has 4 saturated carbocycles. The maximum absolute atomic E-state index is 7.50. The lowest BCUT2D eigenvalue weighted by Crippen LogP contribution is -2.59. The summed E-state index contributed by atoms with van der Waals surface area (Å²) in [5.74, 6) is 4.67. The number of para-hydroxylation sites is 4. The minimum atomic E-state index is -0.265. The number of hydrogen-bond donors (Lipinski definition) is 0. The van der Waals surface area contributed by atoms with Gasteiger partial charge in [0.05, 0.1) is 11.2 Å². The molecule has 5 aliphatic carbocycles. The van der Waals surface area contributed by atoms with Crippen LogP contribution in [0.2, 0.25) is 0 Å². The Hall–Kier alpha value is -6.52. The highest BCUT2D eigenvalue weighted by atomic mass is 16.5. The number of fused-ring (bicyclic) bond motifs is 12. The molecule has 16 rings (SSSR count). The second-order valence-corrected chi connectivity index (χ2v) is 20.7. The summed E-state index contributed by atoms with van der Waals surface area (Å²) in [5.41, 5.74) is 18.4. The molecule has 9 aromatic rings. The second-order valence-electron chi connectivity index (χ2n) is 20.7. The van der Waals surface area contributed by atoms with Crippen LogP contribution in [0.1, 0.15) is 69.1 Å². The van der Waals surface area contributed by atoms with Gasteiger partial charge in [-0.1, -0.05) is 117 Å². The van der Waals surface area contributed by atoms with Crippen molar-refractivity contribution >= 4 is 72.7 Å². The van der Waals surface area contributed by atoms with E-state index in [0.717, 1.165) is 40.6 Å². The van der Waals surface area contributed by atoms with Crippen LogP contribution in [0.3, 0.4) is 0 Å². The smallest absolute Gasteiger partial charge is 0.256 e. The molecule has 4 heteroatoms. The minimum absolute atomic E-state index is 0.0634. The largest absolute Gasteiger partial charge is 0.458 e. The van der Waals surface area contributed by atoms with Crippen LogP contribution >= 0.6 is 0 Å². The van der Waals surface area contributed by atoms with Crippen LogP contribution in [0, 0.1) is 17.8 Å². The Morgan fingerprint density at radius 3 is 1.92 bits per heavy atom. The summed E-state index contributed by atoms with van der Waals surface area (Å²) in [4.78, 5) is 2.44. The molecule has 4 fully saturated rings. The Bertz CT molecular complexity index is 3380.